The summed E-state index contributed by atoms with van der Waals surface area (Å²) >= 11 is 0. The molecule has 6 nitrogen and oxygen atoms in total. The molecule has 1 aliphatic heterocycles. The number of hydrogen-bond acceptors (Lipinski definition) is 4. The number of piperidine rings is 1. The van der Waals surface area contributed by atoms with Gasteiger partial charge in [-0.05, 0) is 32.4 Å². The average molecular weight is 342 g/mol. The normalized spacial score (nSPS) is 16.9. The topological polar surface area (TPSA) is 69.7 Å². The third-order valence-corrected chi connectivity index (χ3v) is 5.78. The van der Waals surface area contributed by atoms with Gasteiger partial charge >= 0.3 is 0 Å². The predicted octanol–water partition coefficient (Wildman–Crippen LogP) is 0.538. The number of halogens is 1. The van der Waals surface area contributed by atoms with E-state index < -0.39 is 15.8 Å². The number of hydrogen-bond donors (Lipinski definition) is 1. The third kappa shape index (κ3) is 6.10. The predicted molar refractivity (Wildman–Crippen MR) is 87.2 cm³/mol. The van der Waals surface area contributed by atoms with Gasteiger partial charge in [0.25, 0.3) is 0 Å². The molecule has 21 heavy (non-hydrogen) atoms. The second-order valence-electron chi connectivity index (χ2n) is 5.22. The van der Waals surface area contributed by atoms with Crippen LogP contribution >= 0.6 is 12.4 Å². The largest absolute Gasteiger partial charge is 0.342 e. The highest BCUT2D eigenvalue weighted by Gasteiger charge is 2.28. The molecule has 1 heterocycles. The van der Waals surface area contributed by atoms with Crippen LogP contribution in [0.15, 0.2) is 0 Å². The maximum Gasteiger partial charge on any atom is 0.239 e. The van der Waals surface area contributed by atoms with E-state index in [1.54, 1.807) is 18.7 Å². The molecule has 8 heteroatoms. The van der Waals surface area contributed by atoms with Crippen molar-refractivity contribution in [2.75, 3.05) is 45.5 Å². The molecule has 1 saturated heterocycles. The van der Waals surface area contributed by atoms with Gasteiger partial charge in [0.1, 0.15) is 5.75 Å². The second-order valence-corrected chi connectivity index (χ2v) is 7.19. The molecule has 0 aromatic rings. The van der Waals surface area contributed by atoms with Crippen LogP contribution < -0.4 is 5.32 Å². The van der Waals surface area contributed by atoms with E-state index in [1.807, 2.05) is 7.05 Å². The van der Waals surface area contributed by atoms with Crippen molar-refractivity contribution in [3.05, 3.63) is 0 Å². The first-order chi connectivity index (χ1) is 9.44. The summed E-state index contributed by atoms with van der Waals surface area (Å²) in [6.07, 6.45) is 1.88. The number of nitrogens with one attached hydrogen (secondary N) is 1. The van der Waals surface area contributed by atoms with Crippen molar-refractivity contribution in [2.45, 2.75) is 26.7 Å². The molecular formula is C13H28ClN3O3S. The summed E-state index contributed by atoms with van der Waals surface area (Å²) in [4.78, 5) is 13.8. The minimum Gasteiger partial charge on any atom is -0.342 e. The molecule has 0 unspecified atom stereocenters. The molecule has 0 radical (unpaired) electrons. The first-order valence-electron chi connectivity index (χ1n) is 7.34. The van der Waals surface area contributed by atoms with Crippen LogP contribution in [0.5, 0.6) is 0 Å². The van der Waals surface area contributed by atoms with Crippen LogP contribution in [0.4, 0.5) is 0 Å². The monoisotopic (exact) mass is 341 g/mol. The standard InChI is InChI=1S/C13H27N3O3S.ClH/c1-4-16(5-2)20(18,19)11-13(17)15-8-6-12(7-9-15)10-14-3;/h12,14H,4-11H2,1-3H3;1H. The van der Waals surface area contributed by atoms with Gasteiger partial charge in [0, 0.05) is 26.2 Å². The second kappa shape index (κ2) is 9.61. The molecule has 1 amide bonds. The zero-order valence-electron chi connectivity index (χ0n) is 13.2. The number of amides is 1. The van der Waals surface area contributed by atoms with E-state index in [0.717, 1.165) is 19.4 Å². The number of likely N-dealkylation sites (tertiary alicyclic amines) is 1. The van der Waals surface area contributed by atoms with Crippen molar-refractivity contribution in [1.82, 2.24) is 14.5 Å². The Morgan fingerprint density at radius 1 is 1.24 bits per heavy atom. The number of carbonyl (C=O) groups is 1. The zero-order chi connectivity index (χ0) is 15.2. The maximum absolute atomic E-state index is 12.1. The lowest BCUT2D eigenvalue weighted by molar-refractivity contribution is -0.129. The van der Waals surface area contributed by atoms with Crippen LogP contribution in [0, 0.1) is 5.92 Å². The summed E-state index contributed by atoms with van der Waals surface area (Å²) in [5.74, 6) is -0.0750. The molecule has 0 spiro atoms. The Balaban J connectivity index is 0.00000400. The fraction of sp³-hybridized carbons (Fsp3) is 0.923. The first kappa shape index (κ1) is 20.6. The number of sulfonamides is 1. The van der Waals surface area contributed by atoms with E-state index >= 15 is 0 Å². The van der Waals surface area contributed by atoms with Crippen LogP contribution in [-0.2, 0) is 14.8 Å². The summed E-state index contributed by atoms with van der Waals surface area (Å²) < 4.78 is 25.5. The fourth-order valence-electron chi connectivity index (χ4n) is 2.63. The van der Waals surface area contributed by atoms with Crippen molar-refractivity contribution in [3.8, 4) is 0 Å². The summed E-state index contributed by atoms with van der Waals surface area (Å²) in [6, 6.07) is 0. The molecule has 0 aromatic carbocycles. The number of carbonyl (C=O) groups excluding carboxylic acids is 1. The lowest BCUT2D eigenvalue weighted by atomic mass is 9.97. The molecule has 1 aliphatic rings. The highest BCUT2D eigenvalue weighted by Crippen LogP contribution is 2.17. The van der Waals surface area contributed by atoms with Crippen molar-refractivity contribution in [1.29, 1.82) is 0 Å². The lowest BCUT2D eigenvalue weighted by Crippen LogP contribution is -2.45. The van der Waals surface area contributed by atoms with Crippen LogP contribution in [0.1, 0.15) is 26.7 Å². The molecule has 126 valence electrons. The molecule has 0 bridgehead atoms. The lowest BCUT2D eigenvalue weighted by Gasteiger charge is -2.32. The van der Waals surface area contributed by atoms with Crippen LogP contribution in [0.2, 0.25) is 0 Å². The molecule has 1 rings (SSSR count). The van der Waals surface area contributed by atoms with Gasteiger partial charge in [-0.25, -0.2) is 12.7 Å². The Hall–Kier alpha value is -0.370. The minimum absolute atomic E-state index is 0. The molecule has 1 fully saturated rings. The molecule has 0 saturated carbocycles. The maximum atomic E-state index is 12.1. The molecule has 0 atom stereocenters. The Kier molecular flexibility index (Phi) is 9.44. The fourth-order valence-corrected chi connectivity index (χ4v) is 4.09. The van der Waals surface area contributed by atoms with E-state index in [-0.39, 0.29) is 18.3 Å². The van der Waals surface area contributed by atoms with Crippen molar-refractivity contribution >= 4 is 28.3 Å². The molecule has 0 aromatic heterocycles. The van der Waals surface area contributed by atoms with E-state index in [0.29, 0.717) is 32.1 Å². The van der Waals surface area contributed by atoms with Gasteiger partial charge in [-0.1, -0.05) is 13.8 Å². The van der Waals surface area contributed by atoms with Gasteiger partial charge in [-0.3, -0.25) is 4.79 Å². The third-order valence-electron chi connectivity index (χ3n) is 3.86. The Morgan fingerprint density at radius 2 is 1.76 bits per heavy atom. The zero-order valence-corrected chi connectivity index (χ0v) is 14.8. The van der Waals surface area contributed by atoms with Gasteiger partial charge < -0.3 is 10.2 Å². The van der Waals surface area contributed by atoms with E-state index in [1.165, 1.54) is 4.31 Å². The summed E-state index contributed by atoms with van der Waals surface area (Å²) in [5.41, 5.74) is 0. The van der Waals surface area contributed by atoms with Gasteiger partial charge in [-0.2, -0.15) is 0 Å². The van der Waals surface area contributed by atoms with E-state index in [2.05, 4.69) is 5.32 Å². The van der Waals surface area contributed by atoms with Crippen molar-refractivity contribution in [2.24, 2.45) is 5.92 Å². The van der Waals surface area contributed by atoms with Crippen LogP contribution in [0.25, 0.3) is 0 Å². The van der Waals surface area contributed by atoms with Gasteiger partial charge in [0.2, 0.25) is 15.9 Å². The molecule has 0 aliphatic carbocycles. The number of nitrogens with zero attached hydrogens (tertiary/aromatic N) is 2. The van der Waals surface area contributed by atoms with Gasteiger partial charge in [0.15, 0.2) is 0 Å². The van der Waals surface area contributed by atoms with Gasteiger partial charge in [-0.15, -0.1) is 12.4 Å². The highest BCUT2D eigenvalue weighted by molar-refractivity contribution is 7.89. The summed E-state index contributed by atoms with van der Waals surface area (Å²) in [6.45, 7) is 6.69. The van der Waals surface area contributed by atoms with Crippen LogP contribution in [0.3, 0.4) is 0 Å². The molecule has 1 N–H and O–H groups in total. The quantitative estimate of drug-likeness (QED) is 0.733. The smallest absolute Gasteiger partial charge is 0.239 e. The Morgan fingerprint density at radius 3 is 2.19 bits per heavy atom. The summed E-state index contributed by atoms with van der Waals surface area (Å²) in [5, 5.41) is 3.14. The van der Waals surface area contributed by atoms with Crippen LogP contribution in [-0.4, -0.2) is 69.1 Å². The average Bonchev–Trinajstić information content (AvgIpc) is 2.40. The molecular weight excluding hydrogens is 314 g/mol. The van der Waals surface area contributed by atoms with Crippen molar-refractivity contribution in [3.63, 3.8) is 0 Å². The van der Waals surface area contributed by atoms with E-state index in [9.17, 15) is 13.2 Å². The van der Waals surface area contributed by atoms with Gasteiger partial charge in [0.05, 0.1) is 0 Å². The highest BCUT2D eigenvalue weighted by atomic mass is 35.5. The SMILES string of the molecule is CCN(CC)S(=O)(=O)CC(=O)N1CCC(CNC)CC1.Cl. The number of rotatable bonds is 7. The first-order valence-corrected chi connectivity index (χ1v) is 8.95. The Labute approximate surface area is 134 Å². The van der Waals surface area contributed by atoms with Crippen molar-refractivity contribution < 1.29 is 13.2 Å². The summed E-state index contributed by atoms with van der Waals surface area (Å²) in [7, 11) is -1.54. The van der Waals surface area contributed by atoms with E-state index in [4.69, 9.17) is 0 Å². The minimum atomic E-state index is -3.47. The Bertz CT molecular complexity index is 405.